The largest absolute Gasteiger partial charge is 0.450 e. The average molecular weight is 253 g/mol. The topological polar surface area (TPSA) is 89.6 Å². The highest BCUT2D eigenvalue weighted by Gasteiger charge is 2.05. The summed E-state index contributed by atoms with van der Waals surface area (Å²) in [7, 11) is 0. The molecule has 1 heterocycles. The molecule has 2 amide bonds. The maximum absolute atomic E-state index is 11.1. The molecule has 0 spiro atoms. The second kappa shape index (κ2) is 7.10. The lowest BCUT2D eigenvalue weighted by molar-refractivity contribution is 0.166. The molecule has 0 aliphatic heterocycles. The smallest absolute Gasteiger partial charge is 0.412 e. The van der Waals surface area contributed by atoms with E-state index >= 15 is 0 Å². The molecule has 0 atom stereocenters. The number of rotatable bonds is 4. The molecule has 0 aliphatic rings. The highest BCUT2D eigenvalue weighted by Crippen LogP contribution is 2.10. The summed E-state index contributed by atoms with van der Waals surface area (Å²) in [4.78, 5) is 26.1. The minimum absolute atomic E-state index is 0.286. The highest BCUT2D eigenvalue weighted by atomic mass is 16.6. The van der Waals surface area contributed by atoms with Gasteiger partial charge in [-0.2, -0.15) is 0 Å². The number of nitrogens with zero attached hydrogens (tertiary/aromatic N) is 1. The Kier molecular flexibility index (Phi) is 5.43. The standard InChI is InChI=1S/C11H15N3O4/c1-3-17-10(15)13-8-5-6-9(12-7-8)14-11(16)18-4-2/h5-7H,3-4H2,1-2H3,(H,13,15)(H,12,14,16). The molecular formula is C11H15N3O4. The Labute approximate surface area is 104 Å². The lowest BCUT2D eigenvalue weighted by Gasteiger charge is -2.06. The monoisotopic (exact) mass is 253 g/mol. The van der Waals surface area contributed by atoms with E-state index in [1.165, 1.54) is 6.20 Å². The summed E-state index contributed by atoms with van der Waals surface area (Å²) in [5.74, 6) is 0.336. The predicted molar refractivity (Wildman–Crippen MR) is 65.5 cm³/mol. The van der Waals surface area contributed by atoms with Gasteiger partial charge in [-0.3, -0.25) is 10.6 Å². The van der Waals surface area contributed by atoms with Gasteiger partial charge in [0.05, 0.1) is 25.1 Å². The van der Waals surface area contributed by atoms with Gasteiger partial charge in [0.1, 0.15) is 5.82 Å². The summed E-state index contributed by atoms with van der Waals surface area (Å²) in [5.41, 5.74) is 0.475. The van der Waals surface area contributed by atoms with Crippen molar-refractivity contribution in [2.75, 3.05) is 23.8 Å². The van der Waals surface area contributed by atoms with E-state index in [1.54, 1.807) is 26.0 Å². The molecule has 0 saturated heterocycles. The van der Waals surface area contributed by atoms with Crippen molar-refractivity contribution >= 4 is 23.7 Å². The third kappa shape index (κ3) is 4.69. The third-order valence-electron chi connectivity index (χ3n) is 1.79. The van der Waals surface area contributed by atoms with Crippen LogP contribution in [0.1, 0.15) is 13.8 Å². The molecule has 7 nitrogen and oxygen atoms in total. The Morgan fingerprint density at radius 1 is 1.11 bits per heavy atom. The number of anilines is 2. The quantitative estimate of drug-likeness (QED) is 0.858. The van der Waals surface area contributed by atoms with Gasteiger partial charge in [0.2, 0.25) is 0 Å². The molecule has 7 heteroatoms. The van der Waals surface area contributed by atoms with E-state index in [-0.39, 0.29) is 6.61 Å². The molecule has 18 heavy (non-hydrogen) atoms. The summed E-state index contributed by atoms with van der Waals surface area (Å²) >= 11 is 0. The number of amides is 2. The van der Waals surface area contributed by atoms with Crippen molar-refractivity contribution < 1.29 is 19.1 Å². The van der Waals surface area contributed by atoms with Crippen LogP contribution in [0.3, 0.4) is 0 Å². The van der Waals surface area contributed by atoms with Crippen molar-refractivity contribution in [1.82, 2.24) is 4.98 Å². The number of carbonyl (C=O) groups is 2. The first-order chi connectivity index (χ1) is 8.65. The second-order valence-electron chi connectivity index (χ2n) is 3.12. The maximum atomic E-state index is 11.1. The van der Waals surface area contributed by atoms with E-state index in [0.29, 0.717) is 18.1 Å². The van der Waals surface area contributed by atoms with E-state index in [1.807, 2.05) is 0 Å². The highest BCUT2D eigenvalue weighted by molar-refractivity contribution is 5.86. The van der Waals surface area contributed by atoms with Crippen molar-refractivity contribution in [2.45, 2.75) is 13.8 Å². The molecule has 98 valence electrons. The first-order valence-electron chi connectivity index (χ1n) is 5.49. The summed E-state index contributed by atoms with van der Waals surface area (Å²) in [5, 5.41) is 4.91. The molecular weight excluding hydrogens is 238 g/mol. The fraction of sp³-hybridized carbons (Fsp3) is 0.364. The summed E-state index contributed by atoms with van der Waals surface area (Å²) in [6.45, 7) is 4.00. The van der Waals surface area contributed by atoms with Gasteiger partial charge < -0.3 is 9.47 Å². The molecule has 1 rings (SSSR count). The molecule has 1 aromatic heterocycles. The second-order valence-corrected chi connectivity index (χ2v) is 3.12. The van der Waals surface area contributed by atoms with Gasteiger partial charge in [0.25, 0.3) is 0 Å². The van der Waals surface area contributed by atoms with Gasteiger partial charge >= 0.3 is 12.2 Å². The molecule has 1 aromatic rings. The number of pyridine rings is 1. The van der Waals surface area contributed by atoms with Crippen LogP contribution in [0.4, 0.5) is 21.1 Å². The van der Waals surface area contributed by atoms with Crippen LogP contribution in [-0.4, -0.2) is 30.4 Å². The Hall–Kier alpha value is -2.31. The van der Waals surface area contributed by atoms with Crippen LogP contribution < -0.4 is 10.6 Å². The maximum Gasteiger partial charge on any atom is 0.412 e. The minimum Gasteiger partial charge on any atom is -0.450 e. The van der Waals surface area contributed by atoms with Crippen molar-refractivity contribution in [2.24, 2.45) is 0 Å². The first kappa shape index (κ1) is 13.8. The first-order valence-corrected chi connectivity index (χ1v) is 5.49. The Morgan fingerprint density at radius 3 is 2.22 bits per heavy atom. The lowest BCUT2D eigenvalue weighted by Crippen LogP contribution is -2.15. The van der Waals surface area contributed by atoms with Crippen LogP contribution in [0, 0.1) is 0 Å². The van der Waals surface area contributed by atoms with Gasteiger partial charge in [0.15, 0.2) is 0 Å². The van der Waals surface area contributed by atoms with Crippen LogP contribution in [0.2, 0.25) is 0 Å². The van der Waals surface area contributed by atoms with Gasteiger partial charge in [-0.15, -0.1) is 0 Å². The van der Waals surface area contributed by atoms with Crippen molar-refractivity contribution in [3.05, 3.63) is 18.3 Å². The Bertz CT molecular complexity index is 366. The lowest BCUT2D eigenvalue weighted by atomic mass is 10.4. The normalized spacial score (nSPS) is 9.44. The number of hydrogen-bond donors (Lipinski definition) is 2. The van der Waals surface area contributed by atoms with E-state index < -0.39 is 12.2 Å². The zero-order valence-corrected chi connectivity index (χ0v) is 10.2. The zero-order valence-electron chi connectivity index (χ0n) is 10.2. The minimum atomic E-state index is -0.573. The van der Waals surface area contributed by atoms with Crippen molar-refractivity contribution in [3.63, 3.8) is 0 Å². The van der Waals surface area contributed by atoms with Crippen LogP contribution in [0.15, 0.2) is 18.3 Å². The summed E-state index contributed by atoms with van der Waals surface area (Å²) in [6.07, 6.45) is 0.278. The fourth-order valence-electron chi connectivity index (χ4n) is 1.10. The average Bonchev–Trinajstić information content (AvgIpc) is 2.32. The molecule has 0 saturated carbocycles. The third-order valence-corrected chi connectivity index (χ3v) is 1.79. The van der Waals surface area contributed by atoms with Crippen molar-refractivity contribution in [1.29, 1.82) is 0 Å². The van der Waals surface area contributed by atoms with Crippen molar-refractivity contribution in [3.8, 4) is 0 Å². The van der Waals surface area contributed by atoms with E-state index in [9.17, 15) is 9.59 Å². The number of hydrogen-bond acceptors (Lipinski definition) is 5. The van der Waals surface area contributed by atoms with Crippen LogP contribution >= 0.6 is 0 Å². The summed E-state index contributed by atoms with van der Waals surface area (Å²) in [6, 6.07) is 3.13. The molecule has 0 bridgehead atoms. The van der Waals surface area contributed by atoms with E-state index in [4.69, 9.17) is 9.47 Å². The molecule has 0 aliphatic carbocycles. The van der Waals surface area contributed by atoms with Crippen LogP contribution in [0.25, 0.3) is 0 Å². The molecule has 0 aromatic carbocycles. The zero-order chi connectivity index (χ0) is 13.4. The number of aromatic nitrogens is 1. The molecule has 0 fully saturated rings. The SMILES string of the molecule is CCOC(=O)Nc1ccc(NC(=O)OCC)nc1. The molecule has 2 N–H and O–H groups in total. The number of nitrogens with one attached hydrogen (secondary N) is 2. The molecule has 0 unspecified atom stereocenters. The predicted octanol–water partition coefficient (Wildman–Crippen LogP) is 2.22. The van der Waals surface area contributed by atoms with Crippen LogP contribution in [0.5, 0.6) is 0 Å². The number of ether oxygens (including phenoxy) is 2. The Morgan fingerprint density at radius 2 is 1.72 bits per heavy atom. The van der Waals surface area contributed by atoms with Gasteiger partial charge in [-0.25, -0.2) is 14.6 Å². The Balaban J connectivity index is 2.52. The van der Waals surface area contributed by atoms with Gasteiger partial charge in [-0.05, 0) is 26.0 Å². The molecule has 0 radical (unpaired) electrons. The van der Waals surface area contributed by atoms with Gasteiger partial charge in [-0.1, -0.05) is 0 Å². The summed E-state index contributed by atoms with van der Waals surface area (Å²) < 4.78 is 9.40. The van der Waals surface area contributed by atoms with Gasteiger partial charge in [0, 0.05) is 0 Å². The number of carbonyl (C=O) groups excluding carboxylic acids is 2. The fourth-order valence-corrected chi connectivity index (χ4v) is 1.10. The van der Waals surface area contributed by atoms with Crippen LogP contribution in [-0.2, 0) is 9.47 Å². The van der Waals surface area contributed by atoms with E-state index in [0.717, 1.165) is 0 Å². The van der Waals surface area contributed by atoms with E-state index in [2.05, 4.69) is 15.6 Å².